The van der Waals surface area contributed by atoms with Gasteiger partial charge in [0.25, 0.3) is 5.91 Å². The Morgan fingerprint density at radius 2 is 2.12 bits per heavy atom. The third kappa shape index (κ3) is 3.76. The first-order chi connectivity index (χ1) is 11.6. The fourth-order valence-electron chi connectivity index (χ4n) is 2.69. The van der Waals surface area contributed by atoms with Crippen LogP contribution in [0.1, 0.15) is 35.1 Å². The number of amides is 1. The molecular formula is C18H23N3O2S. The van der Waals surface area contributed by atoms with Gasteiger partial charge in [0.05, 0.1) is 12.3 Å². The summed E-state index contributed by atoms with van der Waals surface area (Å²) in [6.45, 7) is 4.96. The molecule has 3 rings (SSSR count). The van der Waals surface area contributed by atoms with Gasteiger partial charge in [-0.05, 0) is 56.9 Å². The van der Waals surface area contributed by atoms with Crippen LogP contribution in [0.15, 0.2) is 24.3 Å². The molecule has 5 nitrogen and oxygen atoms in total. The number of thiazole rings is 1. The number of carbonyl (C=O) groups is 1. The van der Waals surface area contributed by atoms with E-state index in [9.17, 15) is 4.79 Å². The first-order valence-corrected chi connectivity index (χ1v) is 9.15. The lowest BCUT2D eigenvalue weighted by molar-refractivity contribution is 0.0937. The van der Waals surface area contributed by atoms with E-state index in [1.165, 1.54) is 11.3 Å². The van der Waals surface area contributed by atoms with Crippen molar-refractivity contribution in [3.05, 3.63) is 34.8 Å². The Morgan fingerprint density at radius 1 is 1.42 bits per heavy atom. The van der Waals surface area contributed by atoms with E-state index in [0.29, 0.717) is 23.9 Å². The number of hydrogen-bond acceptors (Lipinski definition) is 5. The zero-order chi connectivity index (χ0) is 17.1. The molecule has 1 aliphatic rings. The Balaban J connectivity index is 1.75. The van der Waals surface area contributed by atoms with Crippen LogP contribution in [-0.2, 0) is 0 Å². The summed E-state index contributed by atoms with van der Waals surface area (Å²) < 4.78 is 5.46. The Kier molecular flexibility index (Phi) is 5.16. The van der Waals surface area contributed by atoms with E-state index in [1.54, 1.807) is 0 Å². The van der Waals surface area contributed by atoms with Crippen molar-refractivity contribution in [1.29, 1.82) is 0 Å². The van der Waals surface area contributed by atoms with Gasteiger partial charge in [-0.25, -0.2) is 4.98 Å². The molecular weight excluding hydrogens is 322 g/mol. The van der Waals surface area contributed by atoms with Crippen molar-refractivity contribution >= 4 is 17.2 Å². The number of hydrogen-bond donors (Lipinski definition) is 2. The molecule has 2 aromatic rings. The molecule has 0 spiro atoms. The normalized spacial score (nSPS) is 15.1. The fraction of sp³-hybridized carbons (Fsp3) is 0.444. The van der Waals surface area contributed by atoms with Crippen molar-refractivity contribution < 1.29 is 9.53 Å². The number of nitrogens with zero attached hydrogens (tertiary/aromatic N) is 1. The number of benzene rings is 1. The second kappa shape index (κ2) is 7.32. The Morgan fingerprint density at radius 3 is 2.71 bits per heavy atom. The van der Waals surface area contributed by atoms with Gasteiger partial charge < -0.3 is 15.8 Å². The van der Waals surface area contributed by atoms with E-state index < -0.39 is 0 Å². The summed E-state index contributed by atoms with van der Waals surface area (Å²) in [5.74, 6) is 1.31. The molecule has 1 amide bonds. The molecule has 0 saturated heterocycles. The van der Waals surface area contributed by atoms with Crippen molar-refractivity contribution in [2.75, 3.05) is 13.2 Å². The number of nitrogens with one attached hydrogen (secondary N) is 1. The van der Waals surface area contributed by atoms with E-state index in [4.69, 9.17) is 10.5 Å². The minimum absolute atomic E-state index is 0.0652. The van der Waals surface area contributed by atoms with Gasteiger partial charge in [-0.3, -0.25) is 4.79 Å². The molecule has 1 fully saturated rings. The zero-order valence-corrected chi connectivity index (χ0v) is 14.9. The Bertz CT molecular complexity index is 708. The van der Waals surface area contributed by atoms with E-state index in [0.717, 1.165) is 34.9 Å². The number of rotatable bonds is 7. The second-order valence-corrected chi connectivity index (χ2v) is 7.04. The maximum atomic E-state index is 12.5. The minimum Gasteiger partial charge on any atom is -0.494 e. The molecule has 1 atom stereocenters. The van der Waals surface area contributed by atoms with Gasteiger partial charge in [0.2, 0.25) is 0 Å². The Hall–Kier alpha value is -1.92. The molecule has 6 heteroatoms. The van der Waals surface area contributed by atoms with Crippen LogP contribution in [0.2, 0.25) is 0 Å². The highest BCUT2D eigenvalue weighted by molar-refractivity contribution is 7.17. The van der Waals surface area contributed by atoms with Crippen molar-refractivity contribution in [2.24, 2.45) is 11.7 Å². The number of carbonyl (C=O) groups excluding carboxylic acids is 1. The summed E-state index contributed by atoms with van der Waals surface area (Å²) in [5, 5.41) is 3.91. The summed E-state index contributed by atoms with van der Waals surface area (Å²) in [5.41, 5.74) is 7.52. The molecule has 128 valence electrons. The smallest absolute Gasteiger partial charge is 0.263 e. The topological polar surface area (TPSA) is 77.2 Å². The highest BCUT2D eigenvalue weighted by Crippen LogP contribution is 2.33. The molecule has 1 unspecified atom stereocenters. The summed E-state index contributed by atoms with van der Waals surface area (Å²) >= 11 is 1.42. The van der Waals surface area contributed by atoms with Gasteiger partial charge in [-0.15, -0.1) is 11.3 Å². The molecule has 1 heterocycles. The summed E-state index contributed by atoms with van der Waals surface area (Å²) in [6, 6.07) is 7.86. The average Bonchev–Trinajstić information content (AvgIpc) is 3.35. The van der Waals surface area contributed by atoms with E-state index in [2.05, 4.69) is 10.3 Å². The molecule has 1 saturated carbocycles. The molecule has 1 aliphatic carbocycles. The summed E-state index contributed by atoms with van der Waals surface area (Å²) in [6.07, 6.45) is 2.31. The van der Waals surface area contributed by atoms with Crippen LogP contribution < -0.4 is 15.8 Å². The highest BCUT2D eigenvalue weighted by atomic mass is 32.1. The summed E-state index contributed by atoms with van der Waals surface area (Å²) in [7, 11) is 0. The zero-order valence-electron chi connectivity index (χ0n) is 14.0. The third-order valence-corrected chi connectivity index (χ3v) is 5.38. The average molecular weight is 345 g/mol. The second-order valence-electron chi connectivity index (χ2n) is 6.04. The summed E-state index contributed by atoms with van der Waals surface area (Å²) in [4.78, 5) is 17.8. The number of aryl methyl sites for hydroxylation is 1. The van der Waals surface area contributed by atoms with Crippen LogP contribution in [-0.4, -0.2) is 30.1 Å². The number of ether oxygens (including phenoxy) is 1. The maximum absolute atomic E-state index is 12.5. The fourth-order valence-corrected chi connectivity index (χ4v) is 3.67. The number of aromatic nitrogens is 1. The molecule has 0 aliphatic heterocycles. The largest absolute Gasteiger partial charge is 0.494 e. The lowest BCUT2D eigenvalue weighted by atomic mass is 10.2. The number of nitrogens with two attached hydrogens (primary N) is 1. The molecule has 0 bridgehead atoms. The van der Waals surface area contributed by atoms with Crippen LogP contribution in [0, 0.1) is 12.8 Å². The van der Waals surface area contributed by atoms with Gasteiger partial charge in [0, 0.05) is 18.2 Å². The monoisotopic (exact) mass is 345 g/mol. The van der Waals surface area contributed by atoms with Crippen LogP contribution in [0.3, 0.4) is 0 Å². The maximum Gasteiger partial charge on any atom is 0.263 e. The van der Waals surface area contributed by atoms with Gasteiger partial charge in [-0.2, -0.15) is 0 Å². The van der Waals surface area contributed by atoms with Crippen LogP contribution in [0.5, 0.6) is 5.75 Å². The SMILES string of the molecule is CCOc1ccc(-c2nc(C)c(C(=O)NC(CN)C3CC3)s2)cc1. The van der Waals surface area contributed by atoms with Gasteiger partial charge in [0.15, 0.2) is 0 Å². The first kappa shape index (κ1) is 16.9. The molecule has 1 aromatic heterocycles. The minimum atomic E-state index is -0.0652. The van der Waals surface area contributed by atoms with Crippen LogP contribution >= 0.6 is 11.3 Å². The quantitative estimate of drug-likeness (QED) is 0.809. The van der Waals surface area contributed by atoms with Gasteiger partial charge >= 0.3 is 0 Å². The highest BCUT2D eigenvalue weighted by Gasteiger charge is 2.32. The lowest BCUT2D eigenvalue weighted by Gasteiger charge is -2.15. The lowest BCUT2D eigenvalue weighted by Crippen LogP contribution is -2.41. The predicted molar refractivity (Wildman–Crippen MR) is 96.5 cm³/mol. The van der Waals surface area contributed by atoms with Crippen molar-refractivity contribution in [2.45, 2.75) is 32.7 Å². The van der Waals surface area contributed by atoms with Gasteiger partial charge in [-0.1, -0.05) is 0 Å². The van der Waals surface area contributed by atoms with Crippen LogP contribution in [0.4, 0.5) is 0 Å². The molecule has 3 N–H and O–H groups in total. The van der Waals surface area contributed by atoms with Gasteiger partial charge in [0.1, 0.15) is 15.6 Å². The van der Waals surface area contributed by atoms with E-state index in [-0.39, 0.29) is 11.9 Å². The first-order valence-electron chi connectivity index (χ1n) is 8.34. The molecule has 24 heavy (non-hydrogen) atoms. The van der Waals surface area contributed by atoms with Crippen molar-refractivity contribution in [3.63, 3.8) is 0 Å². The van der Waals surface area contributed by atoms with E-state index in [1.807, 2.05) is 38.1 Å². The van der Waals surface area contributed by atoms with E-state index >= 15 is 0 Å². The molecule has 1 aromatic carbocycles. The standard InChI is InChI=1S/C18H23N3O2S/c1-3-23-14-8-6-13(7-9-14)18-20-11(2)16(24-18)17(22)21-15(10-19)12-4-5-12/h6-9,12,15H,3-5,10,19H2,1-2H3,(H,21,22). The molecule has 0 radical (unpaired) electrons. The Labute approximate surface area is 146 Å². The van der Waals surface area contributed by atoms with Crippen molar-refractivity contribution in [3.8, 4) is 16.3 Å². The van der Waals surface area contributed by atoms with Crippen molar-refractivity contribution in [1.82, 2.24) is 10.3 Å². The predicted octanol–water partition coefficient (Wildman–Crippen LogP) is 2.98. The van der Waals surface area contributed by atoms with Crippen LogP contribution in [0.25, 0.3) is 10.6 Å². The third-order valence-electron chi connectivity index (χ3n) is 4.18.